The van der Waals surface area contributed by atoms with Crippen molar-refractivity contribution in [3.05, 3.63) is 22.7 Å². The molecule has 0 aliphatic rings. The van der Waals surface area contributed by atoms with Crippen molar-refractivity contribution in [1.82, 2.24) is 0 Å². The molecule has 0 atom stereocenters. The Morgan fingerprint density at radius 1 is 1.46 bits per heavy atom. The van der Waals surface area contributed by atoms with Gasteiger partial charge in [-0.05, 0) is 11.6 Å². The van der Waals surface area contributed by atoms with Gasteiger partial charge in [-0.2, -0.15) is 0 Å². The third-order valence-corrected chi connectivity index (χ3v) is 2.17. The normalized spacial score (nSPS) is 9.15. The molecule has 1 rings (SSSR count). The molecule has 0 fully saturated rings. The second kappa shape index (κ2) is 5.43. The molecule has 0 saturated carbocycles. The lowest BCUT2D eigenvalue weighted by atomic mass is 10.2. The summed E-state index contributed by atoms with van der Waals surface area (Å²) in [6.45, 7) is 0. The topological polar surface area (TPSA) is 35.2 Å². The maximum Gasteiger partial charge on any atom is 0.160 e. The summed E-state index contributed by atoms with van der Waals surface area (Å²) < 4.78 is 5.00. The van der Waals surface area contributed by atoms with Crippen LogP contribution in [0.3, 0.4) is 0 Å². The van der Waals surface area contributed by atoms with Gasteiger partial charge in [-0.15, -0.1) is 24.0 Å². The lowest BCUT2D eigenvalue weighted by Gasteiger charge is -2.09. The summed E-state index contributed by atoms with van der Waals surface area (Å²) in [5.41, 5.74) is 7.06. The molecule has 13 heavy (non-hydrogen) atoms. The highest BCUT2D eigenvalue weighted by Gasteiger charge is 2.08. The van der Waals surface area contributed by atoms with Crippen LogP contribution in [0.5, 0.6) is 5.75 Å². The first-order valence-corrected chi connectivity index (χ1v) is 4.28. The second-order valence-corrected chi connectivity index (χ2v) is 2.96. The number of benzene rings is 1. The fourth-order valence-electron chi connectivity index (χ4n) is 0.938. The van der Waals surface area contributed by atoms with E-state index in [0.717, 1.165) is 5.56 Å². The van der Waals surface area contributed by atoms with Crippen LogP contribution in [0.2, 0.25) is 5.02 Å². The molecular weight excluding hydrogens is 232 g/mol. The van der Waals surface area contributed by atoms with E-state index in [2.05, 4.69) is 0 Å². The zero-order valence-electron chi connectivity index (χ0n) is 7.01. The molecule has 0 radical (unpaired) electrons. The molecular formula is C8H10Cl3NO. The van der Waals surface area contributed by atoms with Gasteiger partial charge in [-0.3, -0.25) is 0 Å². The summed E-state index contributed by atoms with van der Waals surface area (Å²) in [5.74, 6) is 0.856. The zero-order valence-corrected chi connectivity index (χ0v) is 9.34. The number of nitrogen functional groups attached to an aromatic ring is 1. The minimum atomic E-state index is 0. The predicted molar refractivity (Wildman–Crippen MR) is 59.2 cm³/mol. The van der Waals surface area contributed by atoms with Crippen molar-refractivity contribution in [2.75, 3.05) is 12.8 Å². The largest absolute Gasteiger partial charge is 0.493 e. The van der Waals surface area contributed by atoms with Gasteiger partial charge < -0.3 is 10.5 Å². The quantitative estimate of drug-likeness (QED) is 0.639. The van der Waals surface area contributed by atoms with Crippen LogP contribution in [-0.2, 0) is 5.88 Å². The Morgan fingerprint density at radius 3 is 2.54 bits per heavy atom. The molecule has 0 aliphatic carbocycles. The van der Waals surface area contributed by atoms with E-state index in [0.29, 0.717) is 22.3 Å². The predicted octanol–water partition coefficient (Wildman–Crippen LogP) is 3.09. The highest BCUT2D eigenvalue weighted by atomic mass is 35.5. The number of hydrogen-bond acceptors (Lipinski definition) is 2. The van der Waals surface area contributed by atoms with E-state index in [1.54, 1.807) is 12.1 Å². The molecule has 0 aliphatic heterocycles. The SMILES string of the molecule is COc1c(Cl)ccc(CCl)c1N.Cl. The van der Waals surface area contributed by atoms with E-state index in [9.17, 15) is 0 Å². The van der Waals surface area contributed by atoms with Crippen LogP contribution in [0.1, 0.15) is 5.56 Å². The molecule has 0 saturated heterocycles. The number of methoxy groups -OCH3 is 1. The average Bonchev–Trinajstić information content (AvgIpc) is 2.06. The van der Waals surface area contributed by atoms with Crippen molar-refractivity contribution >= 4 is 41.3 Å². The minimum absolute atomic E-state index is 0. The lowest BCUT2D eigenvalue weighted by molar-refractivity contribution is 0.417. The van der Waals surface area contributed by atoms with Crippen LogP contribution in [0.15, 0.2) is 12.1 Å². The van der Waals surface area contributed by atoms with Crippen LogP contribution in [0.4, 0.5) is 5.69 Å². The molecule has 1 aromatic carbocycles. The Morgan fingerprint density at radius 2 is 2.08 bits per heavy atom. The van der Waals surface area contributed by atoms with Crippen LogP contribution >= 0.6 is 35.6 Å². The maximum absolute atomic E-state index is 5.81. The standard InChI is InChI=1S/C8H9Cl2NO.ClH/c1-12-8-6(10)3-2-5(4-9)7(8)11;/h2-3H,4,11H2,1H3;1H. The Balaban J connectivity index is 0.00000144. The number of alkyl halides is 1. The number of rotatable bonds is 2. The fraction of sp³-hybridized carbons (Fsp3) is 0.250. The van der Waals surface area contributed by atoms with Gasteiger partial charge in [-0.25, -0.2) is 0 Å². The molecule has 5 heteroatoms. The van der Waals surface area contributed by atoms with Crippen molar-refractivity contribution in [1.29, 1.82) is 0 Å². The monoisotopic (exact) mass is 241 g/mol. The molecule has 2 N–H and O–H groups in total. The summed E-state index contributed by atoms with van der Waals surface area (Å²) in [6, 6.07) is 3.50. The van der Waals surface area contributed by atoms with E-state index in [1.807, 2.05) is 0 Å². The Labute approximate surface area is 93.4 Å². The highest BCUT2D eigenvalue weighted by Crippen LogP contribution is 2.33. The van der Waals surface area contributed by atoms with Gasteiger partial charge in [0.05, 0.1) is 17.8 Å². The molecule has 0 unspecified atom stereocenters. The van der Waals surface area contributed by atoms with E-state index < -0.39 is 0 Å². The summed E-state index contributed by atoms with van der Waals surface area (Å²) in [5, 5.41) is 0.504. The number of anilines is 1. The van der Waals surface area contributed by atoms with Crippen molar-refractivity contribution in [2.24, 2.45) is 0 Å². The summed E-state index contributed by atoms with van der Waals surface area (Å²) in [7, 11) is 1.52. The van der Waals surface area contributed by atoms with Gasteiger partial charge in [0.25, 0.3) is 0 Å². The van der Waals surface area contributed by atoms with Crippen molar-refractivity contribution in [3.63, 3.8) is 0 Å². The van der Waals surface area contributed by atoms with Crippen LogP contribution < -0.4 is 10.5 Å². The van der Waals surface area contributed by atoms with Gasteiger partial charge >= 0.3 is 0 Å². The maximum atomic E-state index is 5.81. The zero-order chi connectivity index (χ0) is 9.14. The minimum Gasteiger partial charge on any atom is -0.493 e. The Hall–Kier alpha value is -0.310. The van der Waals surface area contributed by atoms with Crippen molar-refractivity contribution in [3.8, 4) is 5.75 Å². The van der Waals surface area contributed by atoms with Crippen molar-refractivity contribution in [2.45, 2.75) is 5.88 Å². The van der Waals surface area contributed by atoms with Gasteiger partial charge in [0.2, 0.25) is 0 Å². The lowest BCUT2D eigenvalue weighted by Crippen LogP contribution is -1.97. The molecule has 0 bridgehead atoms. The van der Waals surface area contributed by atoms with E-state index in [-0.39, 0.29) is 12.4 Å². The van der Waals surface area contributed by atoms with Crippen LogP contribution in [-0.4, -0.2) is 7.11 Å². The van der Waals surface area contributed by atoms with Gasteiger partial charge in [0.15, 0.2) is 5.75 Å². The number of hydrogen-bond donors (Lipinski definition) is 1. The number of nitrogens with two attached hydrogens (primary N) is 1. The fourth-order valence-corrected chi connectivity index (χ4v) is 1.41. The van der Waals surface area contributed by atoms with E-state index >= 15 is 0 Å². The van der Waals surface area contributed by atoms with Crippen LogP contribution in [0.25, 0.3) is 0 Å². The number of ether oxygens (including phenoxy) is 1. The molecule has 1 aromatic rings. The molecule has 0 amide bonds. The first kappa shape index (κ1) is 12.7. The molecule has 0 aromatic heterocycles. The number of halogens is 3. The summed E-state index contributed by atoms with van der Waals surface area (Å²) in [4.78, 5) is 0. The Kier molecular flexibility index (Phi) is 5.30. The first-order chi connectivity index (χ1) is 5.70. The van der Waals surface area contributed by atoms with Gasteiger partial charge in [0.1, 0.15) is 0 Å². The molecule has 74 valence electrons. The molecule has 0 spiro atoms. The molecule has 0 heterocycles. The first-order valence-electron chi connectivity index (χ1n) is 3.37. The third kappa shape index (κ3) is 2.56. The smallest absolute Gasteiger partial charge is 0.160 e. The van der Waals surface area contributed by atoms with Gasteiger partial charge in [-0.1, -0.05) is 17.7 Å². The van der Waals surface area contributed by atoms with Crippen molar-refractivity contribution < 1.29 is 4.74 Å². The molecule has 2 nitrogen and oxygen atoms in total. The van der Waals surface area contributed by atoms with Gasteiger partial charge in [0, 0.05) is 5.88 Å². The average molecular weight is 243 g/mol. The summed E-state index contributed by atoms with van der Waals surface area (Å²) in [6.07, 6.45) is 0. The second-order valence-electron chi connectivity index (χ2n) is 2.29. The van der Waals surface area contributed by atoms with E-state index in [1.165, 1.54) is 7.11 Å². The Bertz CT molecular complexity index is 291. The van der Waals surface area contributed by atoms with E-state index in [4.69, 9.17) is 33.7 Å². The highest BCUT2D eigenvalue weighted by molar-refractivity contribution is 6.32. The van der Waals surface area contributed by atoms with Crippen LogP contribution in [0, 0.1) is 0 Å². The third-order valence-electron chi connectivity index (χ3n) is 1.59. The summed E-state index contributed by atoms with van der Waals surface area (Å²) >= 11 is 11.4.